The summed E-state index contributed by atoms with van der Waals surface area (Å²) in [4.78, 5) is 25.6. The van der Waals surface area contributed by atoms with Crippen LogP contribution in [0.5, 0.6) is 0 Å². The zero-order chi connectivity index (χ0) is 14.9. The number of hydrogen-bond donors (Lipinski definition) is 1. The van der Waals surface area contributed by atoms with E-state index in [2.05, 4.69) is 6.07 Å². The molecule has 0 unspecified atom stereocenters. The Bertz CT molecular complexity index is 614. The van der Waals surface area contributed by atoms with Gasteiger partial charge in [0, 0.05) is 12.2 Å². The van der Waals surface area contributed by atoms with Crippen LogP contribution < -0.4 is 5.73 Å². The second-order valence-corrected chi connectivity index (χ2v) is 5.63. The van der Waals surface area contributed by atoms with Gasteiger partial charge in [0.2, 0.25) is 0 Å². The molecular weight excluding hydrogens is 254 g/mol. The summed E-state index contributed by atoms with van der Waals surface area (Å²) in [6.45, 7) is 4.00. The van der Waals surface area contributed by atoms with E-state index in [1.165, 1.54) is 4.90 Å². The van der Waals surface area contributed by atoms with Gasteiger partial charge in [0.05, 0.1) is 22.6 Å². The van der Waals surface area contributed by atoms with Gasteiger partial charge < -0.3 is 5.73 Å². The average molecular weight is 271 g/mol. The Kier molecular flexibility index (Phi) is 3.49. The van der Waals surface area contributed by atoms with Crippen molar-refractivity contribution in [1.82, 2.24) is 4.90 Å². The Labute approximate surface area is 118 Å². The molecule has 5 nitrogen and oxygen atoms in total. The molecule has 0 spiro atoms. The number of anilines is 1. The largest absolute Gasteiger partial charge is 0.398 e. The summed E-state index contributed by atoms with van der Waals surface area (Å²) in [5.74, 6) is -0.634. The number of nitrogens with two attached hydrogens (primary N) is 1. The molecule has 2 rings (SSSR count). The van der Waals surface area contributed by atoms with Crippen LogP contribution in [0.25, 0.3) is 0 Å². The molecule has 2 N–H and O–H groups in total. The van der Waals surface area contributed by atoms with Gasteiger partial charge in [0.1, 0.15) is 0 Å². The Hall–Kier alpha value is -2.35. The van der Waals surface area contributed by atoms with Crippen LogP contribution in [0.2, 0.25) is 0 Å². The molecule has 5 heteroatoms. The molecule has 1 heterocycles. The second-order valence-electron chi connectivity index (χ2n) is 5.63. The van der Waals surface area contributed by atoms with E-state index < -0.39 is 5.41 Å². The van der Waals surface area contributed by atoms with Crippen molar-refractivity contribution in [2.75, 3.05) is 12.3 Å². The minimum atomic E-state index is -0.447. The van der Waals surface area contributed by atoms with E-state index in [0.717, 1.165) is 0 Å². The normalized spacial score (nSPS) is 14.3. The fraction of sp³-hybridized carbons (Fsp3) is 0.400. The highest BCUT2D eigenvalue weighted by molar-refractivity contribution is 6.23. The molecule has 104 valence electrons. The van der Waals surface area contributed by atoms with Gasteiger partial charge in [-0.15, -0.1) is 0 Å². The number of carbonyl (C=O) groups excluding carboxylic acids is 2. The lowest BCUT2D eigenvalue weighted by Gasteiger charge is -2.18. The third kappa shape index (κ3) is 2.37. The Morgan fingerprint density at radius 3 is 2.60 bits per heavy atom. The molecule has 1 aliphatic heterocycles. The minimum absolute atomic E-state index is 0.299. The zero-order valence-corrected chi connectivity index (χ0v) is 11.6. The van der Waals surface area contributed by atoms with E-state index in [-0.39, 0.29) is 11.8 Å². The number of fused-ring (bicyclic) bond motifs is 1. The third-order valence-electron chi connectivity index (χ3n) is 3.52. The number of nitrogens with zero attached hydrogens (tertiary/aromatic N) is 2. The average Bonchev–Trinajstić information content (AvgIpc) is 2.65. The van der Waals surface area contributed by atoms with Gasteiger partial charge in [-0.3, -0.25) is 14.5 Å². The Morgan fingerprint density at radius 2 is 2.00 bits per heavy atom. The molecular formula is C15H17N3O2. The van der Waals surface area contributed by atoms with Crippen LogP contribution in [0, 0.1) is 16.7 Å². The quantitative estimate of drug-likeness (QED) is 0.671. The van der Waals surface area contributed by atoms with Crippen molar-refractivity contribution in [2.24, 2.45) is 5.41 Å². The number of carbonyl (C=O) groups is 2. The molecule has 2 amide bonds. The fourth-order valence-electron chi connectivity index (χ4n) is 2.30. The molecule has 0 saturated carbocycles. The number of benzene rings is 1. The van der Waals surface area contributed by atoms with Crippen molar-refractivity contribution in [3.05, 3.63) is 29.3 Å². The van der Waals surface area contributed by atoms with E-state index in [0.29, 0.717) is 36.2 Å². The van der Waals surface area contributed by atoms with Gasteiger partial charge in [0.25, 0.3) is 11.8 Å². The summed E-state index contributed by atoms with van der Waals surface area (Å²) < 4.78 is 0. The van der Waals surface area contributed by atoms with Crippen LogP contribution in [-0.2, 0) is 0 Å². The molecule has 0 radical (unpaired) electrons. The van der Waals surface area contributed by atoms with E-state index >= 15 is 0 Å². The number of nitriles is 1. The first-order chi connectivity index (χ1) is 9.37. The predicted molar refractivity (Wildman–Crippen MR) is 74.8 cm³/mol. The number of amides is 2. The minimum Gasteiger partial charge on any atom is -0.398 e. The van der Waals surface area contributed by atoms with E-state index in [1.807, 2.05) is 13.8 Å². The van der Waals surface area contributed by atoms with Gasteiger partial charge in [-0.25, -0.2) is 0 Å². The summed E-state index contributed by atoms with van der Waals surface area (Å²) in [7, 11) is 0. The number of rotatable bonds is 4. The molecule has 0 bridgehead atoms. The van der Waals surface area contributed by atoms with Crippen LogP contribution in [0.4, 0.5) is 5.69 Å². The third-order valence-corrected chi connectivity index (χ3v) is 3.52. The highest BCUT2D eigenvalue weighted by atomic mass is 16.2. The van der Waals surface area contributed by atoms with Crippen molar-refractivity contribution in [3.63, 3.8) is 0 Å². The highest BCUT2D eigenvalue weighted by Crippen LogP contribution is 2.28. The first-order valence-corrected chi connectivity index (χ1v) is 6.53. The zero-order valence-electron chi connectivity index (χ0n) is 11.6. The van der Waals surface area contributed by atoms with Gasteiger partial charge in [-0.05, 0) is 38.8 Å². The smallest absolute Gasteiger partial charge is 0.263 e. The van der Waals surface area contributed by atoms with Crippen LogP contribution >= 0.6 is 0 Å². The predicted octanol–water partition coefficient (Wildman–Crippen LogP) is 2.19. The van der Waals surface area contributed by atoms with Gasteiger partial charge in [0.15, 0.2) is 0 Å². The van der Waals surface area contributed by atoms with Crippen molar-refractivity contribution < 1.29 is 9.59 Å². The summed E-state index contributed by atoms with van der Waals surface area (Å²) in [5, 5.41) is 8.95. The van der Waals surface area contributed by atoms with Crippen molar-refractivity contribution in [2.45, 2.75) is 26.7 Å². The molecule has 0 atom stereocenters. The summed E-state index contributed by atoms with van der Waals surface area (Å²) in [5.41, 5.74) is 6.32. The molecule has 0 fully saturated rings. The molecule has 20 heavy (non-hydrogen) atoms. The molecule has 0 aromatic heterocycles. The summed E-state index contributed by atoms with van der Waals surface area (Å²) in [6, 6.07) is 7.11. The highest BCUT2D eigenvalue weighted by Gasteiger charge is 2.36. The lowest BCUT2D eigenvalue weighted by molar-refractivity contribution is 0.0649. The molecule has 1 aliphatic rings. The van der Waals surface area contributed by atoms with Gasteiger partial charge >= 0.3 is 0 Å². The maximum Gasteiger partial charge on any atom is 0.263 e. The van der Waals surface area contributed by atoms with Crippen LogP contribution in [0.15, 0.2) is 18.2 Å². The second kappa shape index (κ2) is 4.97. The van der Waals surface area contributed by atoms with Gasteiger partial charge in [-0.2, -0.15) is 5.26 Å². The SMILES string of the molecule is CC(C)(C#N)CCCN1C(=O)c2cccc(N)c2C1=O. The molecule has 0 saturated heterocycles. The Morgan fingerprint density at radius 1 is 1.30 bits per heavy atom. The van der Waals surface area contributed by atoms with Crippen LogP contribution in [-0.4, -0.2) is 23.3 Å². The number of hydrogen-bond acceptors (Lipinski definition) is 4. The van der Waals surface area contributed by atoms with Crippen molar-refractivity contribution in [3.8, 4) is 6.07 Å². The van der Waals surface area contributed by atoms with Crippen LogP contribution in [0.3, 0.4) is 0 Å². The lowest BCUT2D eigenvalue weighted by atomic mass is 9.90. The van der Waals surface area contributed by atoms with Crippen LogP contribution in [0.1, 0.15) is 47.4 Å². The lowest BCUT2D eigenvalue weighted by Crippen LogP contribution is -2.31. The fourth-order valence-corrected chi connectivity index (χ4v) is 2.30. The standard InChI is InChI=1S/C15H17N3O2/c1-15(2,9-16)7-4-8-18-13(19)10-5-3-6-11(17)12(10)14(18)20/h3,5-6H,4,7-8,17H2,1-2H3. The maximum atomic E-state index is 12.2. The van der Waals surface area contributed by atoms with E-state index in [9.17, 15) is 9.59 Å². The Balaban J connectivity index is 2.10. The van der Waals surface area contributed by atoms with Crippen molar-refractivity contribution in [1.29, 1.82) is 5.26 Å². The van der Waals surface area contributed by atoms with Gasteiger partial charge in [-0.1, -0.05) is 6.07 Å². The molecule has 0 aliphatic carbocycles. The summed E-state index contributed by atoms with van der Waals surface area (Å²) >= 11 is 0. The number of nitrogen functional groups attached to an aromatic ring is 1. The first-order valence-electron chi connectivity index (χ1n) is 6.53. The van der Waals surface area contributed by atoms with E-state index in [4.69, 9.17) is 11.0 Å². The van der Waals surface area contributed by atoms with Crippen molar-refractivity contribution >= 4 is 17.5 Å². The molecule has 1 aromatic rings. The summed E-state index contributed by atoms with van der Waals surface area (Å²) in [6.07, 6.45) is 1.23. The first kappa shape index (κ1) is 14.1. The maximum absolute atomic E-state index is 12.2. The molecule has 1 aromatic carbocycles. The number of imide groups is 1. The monoisotopic (exact) mass is 271 g/mol. The topological polar surface area (TPSA) is 87.2 Å². The van der Waals surface area contributed by atoms with E-state index in [1.54, 1.807) is 18.2 Å².